The van der Waals surface area contributed by atoms with Gasteiger partial charge < -0.3 is 4.74 Å². The van der Waals surface area contributed by atoms with Gasteiger partial charge in [0.1, 0.15) is 0 Å². The van der Waals surface area contributed by atoms with E-state index in [4.69, 9.17) is 4.74 Å². The lowest BCUT2D eigenvalue weighted by Gasteiger charge is -2.15. The summed E-state index contributed by atoms with van der Waals surface area (Å²) in [6.45, 7) is 8.53. The molecule has 0 aromatic heterocycles. The van der Waals surface area contributed by atoms with Crippen molar-refractivity contribution in [3.05, 3.63) is 0 Å². The van der Waals surface area contributed by atoms with Gasteiger partial charge in [0, 0.05) is 0 Å². The van der Waals surface area contributed by atoms with E-state index < -0.39 is 0 Å². The van der Waals surface area contributed by atoms with Crippen LogP contribution in [0.1, 0.15) is 40.5 Å². The highest BCUT2D eigenvalue weighted by atomic mass is 16.5. The fourth-order valence-electron chi connectivity index (χ4n) is 0.589. The van der Waals surface area contributed by atoms with Crippen LogP contribution in [0.4, 0.5) is 0 Å². The molecule has 56 valence electrons. The van der Waals surface area contributed by atoms with Crippen LogP contribution in [0.3, 0.4) is 0 Å². The summed E-state index contributed by atoms with van der Waals surface area (Å²) in [6.07, 6.45) is 3.09. The second kappa shape index (κ2) is 4.80. The van der Waals surface area contributed by atoms with Crippen LogP contribution in [0.25, 0.3) is 0 Å². The summed E-state index contributed by atoms with van der Waals surface area (Å²) in [6, 6.07) is 0. The zero-order valence-corrected chi connectivity index (χ0v) is 6.98. The largest absolute Gasteiger partial charge is 0.376 e. The first-order valence-electron chi connectivity index (χ1n) is 3.86. The lowest BCUT2D eigenvalue weighted by Crippen LogP contribution is -2.14. The molecule has 0 aliphatic carbocycles. The van der Waals surface area contributed by atoms with Gasteiger partial charge in [0.2, 0.25) is 0 Å². The molecule has 0 fully saturated rings. The topological polar surface area (TPSA) is 9.23 Å². The van der Waals surface area contributed by atoms with Gasteiger partial charge in [0.05, 0.1) is 12.2 Å². The average molecular weight is 130 g/mol. The third kappa shape index (κ3) is 4.46. The smallest absolute Gasteiger partial charge is 0.0548 e. The predicted molar refractivity (Wildman–Crippen MR) is 40.6 cm³/mol. The fourth-order valence-corrected chi connectivity index (χ4v) is 0.589. The highest BCUT2D eigenvalue weighted by Gasteiger charge is 2.02. The lowest BCUT2D eigenvalue weighted by molar-refractivity contribution is 0.00511. The van der Waals surface area contributed by atoms with Crippen molar-refractivity contribution >= 4 is 0 Å². The zero-order valence-electron chi connectivity index (χ0n) is 6.98. The van der Waals surface area contributed by atoms with Crippen molar-refractivity contribution in [2.75, 3.05) is 0 Å². The van der Waals surface area contributed by atoms with E-state index in [1.807, 2.05) is 0 Å². The Labute approximate surface area is 58.4 Å². The van der Waals surface area contributed by atoms with Crippen molar-refractivity contribution in [3.8, 4) is 0 Å². The van der Waals surface area contributed by atoms with Gasteiger partial charge in [-0.2, -0.15) is 0 Å². The van der Waals surface area contributed by atoms with Crippen molar-refractivity contribution in [2.45, 2.75) is 52.7 Å². The van der Waals surface area contributed by atoms with Crippen LogP contribution in [0, 0.1) is 0 Å². The van der Waals surface area contributed by atoms with E-state index in [0.29, 0.717) is 12.2 Å². The summed E-state index contributed by atoms with van der Waals surface area (Å²) in [4.78, 5) is 0. The van der Waals surface area contributed by atoms with Crippen molar-refractivity contribution < 1.29 is 4.74 Å². The highest BCUT2D eigenvalue weighted by molar-refractivity contribution is 4.50. The summed E-state index contributed by atoms with van der Waals surface area (Å²) in [5, 5.41) is 0. The standard InChI is InChI=1S/C8H18O/c1-5-7(3)9-8(4)6-2/h7-8H,5-6H2,1-4H3/t7-,8+. The molecule has 0 N–H and O–H groups in total. The first-order chi connectivity index (χ1) is 4.20. The summed E-state index contributed by atoms with van der Waals surface area (Å²) in [7, 11) is 0. The van der Waals surface area contributed by atoms with Gasteiger partial charge in [0.15, 0.2) is 0 Å². The number of hydrogen-bond acceptors (Lipinski definition) is 1. The van der Waals surface area contributed by atoms with Gasteiger partial charge in [-0.15, -0.1) is 0 Å². The molecule has 0 spiro atoms. The van der Waals surface area contributed by atoms with E-state index in [1.54, 1.807) is 0 Å². The quantitative estimate of drug-likeness (QED) is 0.568. The summed E-state index contributed by atoms with van der Waals surface area (Å²) in [5.41, 5.74) is 0. The van der Waals surface area contributed by atoms with Crippen LogP contribution >= 0.6 is 0 Å². The molecule has 0 saturated carbocycles. The Morgan fingerprint density at radius 1 is 1.00 bits per heavy atom. The van der Waals surface area contributed by atoms with Crippen molar-refractivity contribution in [2.24, 2.45) is 0 Å². The van der Waals surface area contributed by atoms with Crippen LogP contribution in [-0.4, -0.2) is 12.2 Å². The number of ether oxygens (including phenoxy) is 1. The molecule has 9 heavy (non-hydrogen) atoms. The van der Waals surface area contributed by atoms with Gasteiger partial charge in [-0.3, -0.25) is 0 Å². The SMILES string of the molecule is CC[C@@H](C)O[C@@H](C)CC. The minimum atomic E-state index is 0.431. The maximum atomic E-state index is 5.55. The van der Waals surface area contributed by atoms with E-state index in [9.17, 15) is 0 Å². The highest BCUT2D eigenvalue weighted by Crippen LogP contribution is 2.03. The normalized spacial score (nSPS) is 17.3. The van der Waals surface area contributed by atoms with Crippen molar-refractivity contribution in [1.29, 1.82) is 0 Å². The molecule has 1 nitrogen and oxygen atoms in total. The van der Waals surface area contributed by atoms with Gasteiger partial charge in [0.25, 0.3) is 0 Å². The monoisotopic (exact) mass is 130 g/mol. The Bertz CT molecular complexity index is 53.6. The maximum Gasteiger partial charge on any atom is 0.0548 e. The minimum Gasteiger partial charge on any atom is -0.376 e. The zero-order chi connectivity index (χ0) is 7.28. The Morgan fingerprint density at radius 3 is 1.56 bits per heavy atom. The van der Waals surface area contributed by atoms with Crippen LogP contribution in [0.2, 0.25) is 0 Å². The molecule has 0 aliphatic rings. The molecular weight excluding hydrogens is 112 g/mol. The molecule has 0 radical (unpaired) electrons. The van der Waals surface area contributed by atoms with Gasteiger partial charge >= 0.3 is 0 Å². The summed E-state index contributed by atoms with van der Waals surface area (Å²) >= 11 is 0. The van der Waals surface area contributed by atoms with E-state index in [-0.39, 0.29) is 0 Å². The molecule has 0 aliphatic heterocycles. The van der Waals surface area contributed by atoms with E-state index in [1.165, 1.54) is 0 Å². The lowest BCUT2D eigenvalue weighted by atomic mass is 10.3. The maximum absolute atomic E-state index is 5.55. The number of hydrogen-bond donors (Lipinski definition) is 0. The van der Waals surface area contributed by atoms with E-state index >= 15 is 0 Å². The molecule has 0 aromatic carbocycles. The van der Waals surface area contributed by atoms with E-state index in [0.717, 1.165) is 12.8 Å². The average Bonchev–Trinajstić information content (AvgIpc) is 1.87. The third-order valence-electron chi connectivity index (χ3n) is 1.61. The minimum absolute atomic E-state index is 0.431. The first kappa shape index (κ1) is 8.96. The molecular formula is C8H18O. The van der Waals surface area contributed by atoms with Crippen LogP contribution < -0.4 is 0 Å². The molecule has 0 bridgehead atoms. The molecule has 0 amide bonds. The van der Waals surface area contributed by atoms with Gasteiger partial charge in [-0.1, -0.05) is 13.8 Å². The van der Waals surface area contributed by atoms with Crippen LogP contribution in [0.15, 0.2) is 0 Å². The third-order valence-corrected chi connectivity index (χ3v) is 1.61. The Kier molecular flexibility index (Phi) is 4.78. The fraction of sp³-hybridized carbons (Fsp3) is 1.00. The molecule has 1 heteroatoms. The summed E-state index contributed by atoms with van der Waals surface area (Å²) in [5.74, 6) is 0. The molecule has 0 aromatic rings. The molecule has 0 rings (SSSR count). The summed E-state index contributed by atoms with van der Waals surface area (Å²) < 4.78 is 5.55. The van der Waals surface area contributed by atoms with Gasteiger partial charge in [-0.05, 0) is 26.7 Å². The predicted octanol–water partition coefficient (Wildman–Crippen LogP) is 2.60. The second-order valence-corrected chi connectivity index (χ2v) is 2.57. The van der Waals surface area contributed by atoms with Crippen molar-refractivity contribution in [1.82, 2.24) is 0 Å². The molecule has 2 atom stereocenters. The molecule has 0 heterocycles. The second-order valence-electron chi connectivity index (χ2n) is 2.57. The van der Waals surface area contributed by atoms with Crippen LogP contribution in [0.5, 0.6) is 0 Å². The number of rotatable bonds is 4. The van der Waals surface area contributed by atoms with Crippen molar-refractivity contribution in [3.63, 3.8) is 0 Å². The van der Waals surface area contributed by atoms with Crippen LogP contribution in [-0.2, 0) is 4.74 Å². The van der Waals surface area contributed by atoms with Gasteiger partial charge in [-0.25, -0.2) is 0 Å². The Morgan fingerprint density at radius 2 is 1.33 bits per heavy atom. The first-order valence-corrected chi connectivity index (χ1v) is 3.86. The molecule has 0 unspecified atom stereocenters. The van der Waals surface area contributed by atoms with E-state index in [2.05, 4.69) is 27.7 Å². The molecule has 0 saturated heterocycles. The Balaban J connectivity index is 3.22. The Hall–Kier alpha value is -0.0400.